The van der Waals surface area contributed by atoms with E-state index in [1.807, 2.05) is 18.2 Å². The predicted molar refractivity (Wildman–Crippen MR) is 146 cm³/mol. The molecule has 1 aromatic carbocycles. The van der Waals surface area contributed by atoms with Gasteiger partial charge in [0.05, 0.1) is 27.2 Å². The number of carboxylic acids is 1. The number of hydrogen-bond donors (Lipinski definition) is 1. The van der Waals surface area contributed by atoms with E-state index in [9.17, 15) is 9.90 Å². The van der Waals surface area contributed by atoms with Crippen molar-refractivity contribution in [3.63, 3.8) is 0 Å². The maximum Gasteiger partial charge on any atom is 0.307 e. The molecule has 1 saturated heterocycles. The van der Waals surface area contributed by atoms with Crippen LogP contribution < -0.4 is 0 Å². The maximum absolute atomic E-state index is 12.6. The molecule has 1 aliphatic carbocycles. The molecule has 0 bridgehead atoms. The SMILES string of the molecule is C[C@@H]1CC[C@@H]([C@@H](CCc2ccccc2)C(=O)O)/C(=C/[Si](C)(C)C)[C@H]1CCC1(C)OCC(C)(C)CO1. The Bertz CT molecular complexity index is 860. The van der Waals surface area contributed by atoms with Crippen LogP contribution in [0.25, 0.3) is 0 Å². The number of rotatable bonds is 9. The highest BCUT2D eigenvalue weighted by Crippen LogP contribution is 2.47. The van der Waals surface area contributed by atoms with Gasteiger partial charge >= 0.3 is 5.97 Å². The third-order valence-electron chi connectivity index (χ3n) is 7.91. The van der Waals surface area contributed by atoms with Gasteiger partial charge in [-0.25, -0.2) is 0 Å². The van der Waals surface area contributed by atoms with Gasteiger partial charge in [-0.15, -0.1) is 0 Å². The van der Waals surface area contributed by atoms with E-state index in [-0.39, 0.29) is 17.3 Å². The first-order valence-electron chi connectivity index (χ1n) is 13.6. The van der Waals surface area contributed by atoms with Crippen molar-refractivity contribution in [2.75, 3.05) is 13.2 Å². The molecule has 1 aromatic rings. The van der Waals surface area contributed by atoms with Gasteiger partial charge in [0.1, 0.15) is 0 Å². The molecule has 196 valence electrons. The minimum Gasteiger partial charge on any atom is -0.481 e. The molecule has 4 atom stereocenters. The summed E-state index contributed by atoms with van der Waals surface area (Å²) in [7, 11) is -1.55. The largest absolute Gasteiger partial charge is 0.481 e. The van der Waals surface area contributed by atoms with Crippen LogP contribution in [0.5, 0.6) is 0 Å². The number of allylic oxidation sites excluding steroid dienone is 1. The molecular formula is C30H48O4Si. The van der Waals surface area contributed by atoms with E-state index in [1.54, 1.807) is 0 Å². The van der Waals surface area contributed by atoms with Crippen molar-refractivity contribution in [3.05, 3.63) is 47.2 Å². The van der Waals surface area contributed by atoms with Crippen LogP contribution in [0.3, 0.4) is 0 Å². The highest BCUT2D eigenvalue weighted by atomic mass is 28.3. The van der Waals surface area contributed by atoms with E-state index < -0.39 is 19.8 Å². The lowest BCUT2D eigenvalue weighted by molar-refractivity contribution is -0.293. The molecule has 0 amide bonds. The summed E-state index contributed by atoms with van der Waals surface area (Å²) in [6, 6.07) is 10.3. The van der Waals surface area contributed by atoms with Gasteiger partial charge in [-0.2, -0.15) is 0 Å². The van der Waals surface area contributed by atoms with Gasteiger partial charge in [-0.1, -0.05) is 82.0 Å². The average Bonchev–Trinajstić information content (AvgIpc) is 2.77. The molecule has 0 radical (unpaired) electrons. The first kappa shape index (κ1) is 28.1. The summed E-state index contributed by atoms with van der Waals surface area (Å²) in [4.78, 5) is 12.6. The molecule has 2 fully saturated rings. The summed E-state index contributed by atoms with van der Waals surface area (Å²) in [6.45, 7) is 17.3. The molecule has 0 unspecified atom stereocenters. The monoisotopic (exact) mass is 500 g/mol. The normalized spacial score (nSPS) is 28.5. The van der Waals surface area contributed by atoms with E-state index in [2.05, 4.69) is 65.2 Å². The van der Waals surface area contributed by atoms with Crippen LogP contribution in [0, 0.1) is 29.1 Å². The van der Waals surface area contributed by atoms with Gasteiger partial charge in [0.25, 0.3) is 0 Å². The molecule has 0 aromatic heterocycles. The minimum atomic E-state index is -1.55. The molecule has 2 aliphatic rings. The summed E-state index contributed by atoms with van der Waals surface area (Å²) in [5.41, 5.74) is 5.23. The topological polar surface area (TPSA) is 55.8 Å². The number of aryl methyl sites for hydroxylation is 1. The molecule has 35 heavy (non-hydrogen) atoms. The minimum absolute atomic E-state index is 0.0547. The Morgan fingerprint density at radius 1 is 1.11 bits per heavy atom. The molecule has 1 aliphatic heterocycles. The van der Waals surface area contributed by atoms with Crippen molar-refractivity contribution < 1.29 is 19.4 Å². The van der Waals surface area contributed by atoms with E-state index in [4.69, 9.17) is 9.47 Å². The molecule has 1 saturated carbocycles. The van der Waals surface area contributed by atoms with Crippen LogP contribution in [-0.4, -0.2) is 38.2 Å². The summed E-state index contributed by atoms with van der Waals surface area (Å²) in [6.07, 6.45) is 5.38. The predicted octanol–water partition coefficient (Wildman–Crippen LogP) is 7.36. The van der Waals surface area contributed by atoms with Crippen LogP contribution in [0.2, 0.25) is 19.6 Å². The number of ether oxygens (including phenoxy) is 2. The quantitative estimate of drug-likeness (QED) is 0.360. The first-order valence-corrected chi connectivity index (χ1v) is 17.1. The van der Waals surface area contributed by atoms with E-state index >= 15 is 0 Å². The lowest BCUT2D eigenvalue weighted by Gasteiger charge is -2.44. The summed E-state index contributed by atoms with van der Waals surface area (Å²) < 4.78 is 12.4. The molecule has 5 heteroatoms. The number of benzene rings is 1. The van der Waals surface area contributed by atoms with Crippen LogP contribution in [0.15, 0.2) is 41.6 Å². The van der Waals surface area contributed by atoms with Crippen molar-refractivity contribution in [2.45, 2.75) is 91.6 Å². The van der Waals surface area contributed by atoms with Crippen LogP contribution >= 0.6 is 0 Å². The summed E-state index contributed by atoms with van der Waals surface area (Å²) in [5, 5.41) is 10.3. The average molecular weight is 501 g/mol. The van der Waals surface area contributed by atoms with Crippen LogP contribution in [-0.2, 0) is 20.7 Å². The Kier molecular flexibility index (Phi) is 9.09. The second-order valence-corrected chi connectivity index (χ2v) is 18.2. The maximum atomic E-state index is 12.6. The van der Waals surface area contributed by atoms with E-state index in [1.165, 1.54) is 11.1 Å². The number of hydrogen-bond acceptors (Lipinski definition) is 3. The zero-order valence-corrected chi connectivity index (χ0v) is 24.1. The molecular weight excluding hydrogens is 452 g/mol. The van der Waals surface area contributed by atoms with E-state index in [0.29, 0.717) is 31.5 Å². The van der Waals surface area contributed by atoms with Crippen molar-refractivity contribution in [2.24, 2.45) is 29.1 Å². The van der Waals surface area contributed by atoms with Gasteiger partial charge in [-0.3, -0.25) is 4.79 Å². The Balaban J connectivity index is 1.81. The summed E-state index contributed by atoms with van der Waals surface area (Å²) in [5.74, 6) is -0.491. The van der Waals surface area contributed by atoms with Gasteiger partial charge in [0, 0.05) is 11.8 Å². The lowest BCUT2D eigenvalue weighted by atomic mass is 9.65. The Morgan fingerprint density at radius 2 is 1.74 bits per heavy atom. The zero-order valence-electron chi connectivity index (χ0n) is 23.1. The van der Waals surface area contributed by atoms with Crippen molar-refractivity contribution >= 4 is 14.0 Å². The van der Waals surface area contributed by atoms with Crippen molar-refractivity contribution in [3.8, 4) is 0 Å². The van der Waals surface area contributed by atoms with Crippen LogP contribution in [0.1, 0.15) is 65.4 Å². The molecule has 4 nitrogen and oxygen atoms in total. The third-order valence-corrected chi connectivity index (χ3v) is 9.11. The molecule has 1 heterocycles. The number of aliphatic carboxylic acids is 1. The van der Waals surface area contributed by atoms with Gasteiger partial charge in [-0.05, 0) is 62.3 Å². The van der Waals surface area contributed by atoms with Crippen molar-refractivity contribution in [1.29, 1.82) is 0 Å². The second-order valence-electron chi connectivity index (χ2n) is 13.2. The fourth-order valence-corrected chi connectivity index (χ4v) is 7.25. The van der Waals surface area contributed by atoms with E-state index in [0.717, 1.165) is 32.1 Å². The number of carboxylic acid groups (broad SMARTS) is 1. The standard InChI is InChI=1S/C30H48O4Si/c1-22-13-15-25(26(28(31)32)16-14-23-11-9-8-10-12-23)27(19-35(5,6)7)24(22)17-18-30(4)33-20-29(2,3)21-34-30/h8-12,19,22,24-26H,13-18,20-21H2,1-7H3,(H,31,32)/b27-19+/t22-,24+,25+,26-/m1/s1. The summed E-state index contributed by atoms with van der Waals surface area (Å²) >= 11 is 0. The zero-order chi connectivity index (χ0) is 25.9. The molecule has 3 rings (SSSR count). The molecule has 0 spiro atoms. The van der Waals surface area contributed by atoms with Crippen molar-refractivity contribution in [1.82, 2.24) is 0 Å². The fraction of sp³-hybridized carbons (Fsp3) is 0.700. The Labute approximate surface area is 214 Å². The fourth-order valence-electron chi connectivity index (χ4n) is 5.82. The first-order chi connectivity index (χ1) is 16.3. The van der Waals surface area contributed by atoms with Crippen LogP contribution in [0.4, 0.5) is 0 Å². The lowest BCUT2D eigenvalue weighted by Crippen LogP contribution is -2.46. The van der Waals surface area contributed by atoms with Gasteiger partial charge < -0.3 is 14.6 Å². The smallest absolute Gasteiger partial charge is 0.307 e. The highest BCUT2D eigenvalue weighted by molar-refractivity contribution is 6.81. The third kappa shape index (κ3) is 8.03. The van der Waals surface area contributed by atoms with Gasteiger partial charge in [0.2, 0.25) is 0 Å². The second kappa shape index (κ2) is 11.3. The highest BCUT2D eigenvalue weighted by Gasteiger charge is 2.42. The molecule has 1 N–H and O–H groups in total. The Hall–Kier alpha value is -1.43. The Morgan fingerprint density at radius 3 is 2.31 bits per heavy atom. The van der Waals surface area contributed by atoms with Gasteiger partial charge in [0.15, 0.2) is 5.79 Å². The number of carbonyl (C=O) groups is 1.